The fraction of sp³-hybridized carbons (Fsp3) is 0.526. The standard InChI is InChI=1S/C19H25ClN4O2/c1-13(2)17-21-22-19(26-17)24-10-8-23(9-11-24)18(25)14(3)12-15-4-6-16(20)7-5-15/h4-7,13-14H,8-12H2,1-3H3. The number of benzene rings is 1. The summed E-state index contributed by atoms with van der Waals surface area (Å²) in [5.41, 5.74) is 1.13. The van der Waals surface area contributed by atoms with E-state index in [0.29, 0.717) is 43.1 Å². The van der Waals surface area contributed by atoms with Crippen LogP contribution in [0.15, 0.2) is 28.7 Å². The van der Waals surface area contributed by atoms with E-state index in [0.717, 1.165) is 12.0 Å². The van der Waals surface area contributed by atoms with Crippen molar-refractivity contribution in [3.05, 3.63) is 40.7 Å². The molecule has 1 aliphatic rings. The molecular weight excluding hydrogens is 352 g/mol. The first-order chi connectivity index (χ1) is 12.4. The molecule has 0 aliphatic carbocycles. The van der Waals surface area contributed by atoms with Gasteiger partial charge in [0.2, 0.25) is 11.8 Å². The van der Waals surface area contributed by atoms with Gasteiger partial charge in [0, 0.05) is 43.0 Å². The SMILES string of the molecule is CC(Cc1ccc(Cl)cc1)C(=O)N1CCN(c2nnc(C(C)C)o2)CC1. The molecule has 0 saturated carbocycles. The predicted molar refractivity (Wildman–Crippen MR) is 102 cm³/mol. The van der Waals surface area contributed by atoms with E-state index in [1.807, 2.05) is 54.8 Å². The lowest BCUT2D eigenvalue weighted by Gasteiger charge is -2.35. The van der Waals surface area contributed by atoms with Crippen molar-refractivity contribution in [2.45, 2.75) is 33.1 Å². The molecule has 140 valence electrons. The minimum atomic E-state index is -0.0568. The predicted octanol–water partition coefficient (Wildman–Crippen LogP) is 3.37. The third-order valence-electron chi connectivity index (χ3n) is 4.66. The Morgan fingerprint density at radius 1 is 1.12 bits per heavy atom. The molecule has 0 N–H and O–H groups in total. The van der Waals surface area contributed by atoms with Crippen molar-refractivity contribution >= 4 is 23.5 Å². The summed E-state index contributed by atoms with van der Waals surface area (Å²) >= 11 is 5.92. The number of nitrogens with zero attached hydrogens (tertiary/aromatic N) is 4. The van der Waals surface area contributed by atoms with Crippen LogP contribution in [0.4, 0.5) is 6.01 Å². The van der Waals surface area contributed by atoms with Crippen LogP contribution in [0.3, 0.4) is 0 Å². The van der Waals surface area contributed by atoms with E-state index in [1.54, 1.807) is 0 Å². The number of carbonyl (C=O) groups excluding carboxylic acids is 1. The van der Waals surface area contributed by atoms with Crippen LogP contribution in [0.2, 0.25) is 5.02 Å². The van der Waals surface area contributed by atoms with Gasteiger partial charge in [0.25, 0.3) is 0 Å². The minimum Gasteiger partial charge on any atom is -0.408 e. The zero-order valence-corrected chi connectivity index (χ0v) is 16.2. The van der Waals surface area contributed by atoms with E-state index < -0.39 is 0 Å². The van der Waals surface area contributed by atoms with E-state index >= 15 is 0 Å². The molecular formula is C19H25ClN4O2. The van der Waals surface area contributed by atoms with Gasteiger partial charge in [0.05, 0.1) is 0 Å². The van der Waals surface area contributed by atoms with Gasteiger partial charge in [0.15, 0.2) is 0 Å². The number of rotatable bonds is 5. The van der Waals surface area contributed by atoms with Gasteiger partial charge in [-0.1, -0.05) is 49.6 Å². The molecule has 1 unspecified atom stereocenters. The average molecular weight is 377 g/mol. The van der Waals surface area contributed by atoms with E-state index in [2.05, 4.69) is 10.2 Å². The second kappa shape index (κ2) is 8.08. The van der Waals surface area contributed by atoms with Crippen molar-refractivity contribution in [1.82, 2.24) is 15.1 Å². The second-order valence-corrected chi connectivity index (χ2v) is 7.56. The van der Waals surface area contributed by atoms with Crippen LogP contribution >= 0.6 is 11.6 Å². The Morgan fingerprint density at radius 3 is 2.35 bits per heavy atom. The maximum absolute atomic E-state index is 12.7. The highest BCUT2D eigenvalue weighted by molar-refractivity contribution is 6.30. The van der Waals surface area contributed by atoms with Gasteiger partial charge < -0.3 is 14.2 Å². The summed E-state index contributed by atoms with van der Waals surface area (Å²) in [5, 5.41) is 8.92. The lowest BCUT2D eigenvalue weighted by molar-refractivity contribution is -0.135. The zero-order chi connectivity index (χ0) is 18.7. The molecule has 7 heteroatoms. The first-order valence-corrected chi connectivity index (χ1v) is 9.43. The summed E-state index contributed by atoms with van der Waals surface area (Å²) in [6, 6.07) is 8.23. The molecule has 6 nitrogen and oxygen atoms in total. The Labute approximate surface area is 159 Å². The number of hydrogen-bond acceptors (Lipinski definition) is 5. The van der Waals surface area contributed by atoms with E-state index in [-0.39, 0.29) is 17.7 Å². The lowest BCUT2D eigenvalue weighted by atomic mass is 9.99. The van der Waals surface area contributed by atoms with Gasteiger partial charge in [-0.05, 0) is 24.1 Å². The Hall–Kier alpha value is -2.08. The number of aromatic nitrogens is 2. The summed E-state index contributed by atoms with van der Waals surface area (Å²) < 4.78 is 5.71. The van der Waals surface area contributed by atoms with Crippen molar-refractivity contribution in [3.63, 3.8) is 0 Å². The Balaban J connectivity index is 1.53. The number of hydrogen-bond donors (Lipinski definition) is 0. The van der Waals surface area contributed by atoms with Gasteiger partial charge >= 0.3 is 6.01 Å². The highest BCUT2D eigenvalue weighted by atomic mass is 35.5. The van der Waals surface area contributed by atoms with Crippen LogP contribution in [0.5, 0.6) is 0 Å². The molecule has 0 spiro atoms. The van der Waals surface area contributed by atoms with E-state index in [9.17, 15) is 4.79 Å². The maximum atomic E-state index is 12.7. The summed E-state index contributed by atoms with van der Waals surface area (Å²) in [6.45, 7) is 8.78. The van der Waals surface area contributed by atoms with Crippen LogP contribution in [0.1, 0.15) is 38.1 Å². The van der Waals surface area contributed by atoms with Crippen molar-refractivity contribution in [3.8, 4) is 0 Å². The third-order valence-corrected chi connectivity index (χ3v) is 4.91. The first-order valence-electron chi connectivity index (χ1n) is 9.05. The molecule has 1 fully saturated rings. The Kier molecular flexibility index (Phi) is 5.81. The summed E-state index contributed by atoms with van der Waals surface area (Å²) in [6.07, 6.45) is 0.720. The smallest absolute Gasteiger partial charge is 0.318 e. The Morgan fingerprint density at radius 2 is 1.77 bits per heavy atom. The third kappa shape index (κ3) is 4.36. The highest BCUT2D eigenvalue weighted by Crippen LogP contribution is 2.21. The van der Waals surface area contributed by atoms with Crippen LogP contribution < -0.4 is 4.90 Å². The molecule has 1 atom stereocenters. The highest BCUT2D eigenvalue weighted by Gasteiger charge is 2.27. The minimum absolute atomic E-state index is 0.0568. The average Bonchev–Trinajstić information content (AvgIpc) is 3.13. The second-order valence-electron chi connectivity index (χ2n) is 7.12. The molecule has 26 heavy (non-hydrogen) atoms. The largest absolute Gasteiger partial charge is 0.408 e. The van der Waals surface area contributed by atoms with Crippen LogP contribution in [0.25, 0.3) is 0 Å². The van der Waals surface area contributed by atoms with Crippen molar-refractivity contribution < 1.29 is 9.21 Å². The molecule has 1 saturated heterocycles. The molecule has 1 aromatic carbocycles. The van der Waals surface area contributed by atoms with E-state index in [4.69, 9.17) is 16.0 Å². The van der Waals surface area contributed by atoms with E-state index in [1.165, 1.54) is 0 Å². The number of carbonyl (C=O) groups is 1. The van der Waals surface area contributed by atoms with Crippen LogP contribution in [-0.2, 0) is 11.2 Å². The fourth-order valence-corrected chi connectivity index (χ4v) is 3.20. The molecule has 2 aromatic rings. The van der Waals surface area contributed by atoms with Gasteiger partial charge in [-0.15, -0.1) is 5.10 Å². The molecule has 1 aromatic heterocycles. The number of anilines is 1. The van der Waals surface area contributed by atoms with Crippen LogP contribution in [0, 0.1) is 5.92 Å². The van der Waals surface area contributed by atoms with Crippen molar-refractivity contribution in [1.29, 1.82) is 0 Å². The molecule has 3 rings (SSSR count). The monoisotopic (exact) mass is 376 g/mol. The molecule has 2 heterocycles. The molecule has 1 aliphatic heterocycles. The van der Waals surface area contributed by atoms with Crippen LogP contribution in [-0.4, -0.2) is 47.2 Å². The number of halogens is 1. The number of amides is 1. The summed E-state index contributed by atoms with van der Waals surface area (Å²) in [5.74, 6) is 0.995. The summed E-state index contributed by atoms with van der Waals surface area (Å²) in [7, 11) is 0. The van der Waals surface area contributed by atoms with Gasteiger partial charge in [-0.2, -0.15) is 0 Å². The summed E-state index contributed by atoms with van der Waals surface area (Å²) in [4.78, 5) is 16.7. The van der Waals surface area contributed by atoms with Gasteiger partial charge in [-0.3, -0.25) is 4.79 Å². The topological polar surface area (TPSA) is 62.5 Å². The zero-order valence-electron chi connectivity index (χ0n) is 15.5. The number of piperazine rings is 1. The van der Waals surface area contributed by atoms with Crippen molar-refractivity contribution in [2.24, 2.45) is 5.92 Å². The lowest BCUT2D eigenvalue weighted by Crippen LogP contribution is -2.50. The van der Waals surface area contributed by atoms with Gasteiger partial charge in [-0.25, -0.2) is 0 Å². The maximum Gasteiger partial charge on any atom is 0.318 e. The van der Waals surface area contributed by atoms with Crippen molar-refractivity contribution in [2.75, 3.05) is 31.1 Å². The first kappa shape index (κ1) is 18.7. The Bertz CT molecular complexity index is 736. The molecule has 1 amide bonds. The molecule has 0 radical (unpaired) electrons. The van der Waals surface area contributed by atoms with Gasteiger partial charge in [0.1, 0.15) is 0 Å². The quantitative estimate of drug-likeness (QED) is 0.800. The normalized spacial score (nSPS) is 16.2. The fourth-order valence-electron chi connectivity index (χ4n) is 3.08. The molecule has 0 bridgehead atoms.